The maximum atomic E-state index is 12.7. The second kappa shape index (κ2) is 9.86. The molecule has 1 fully saturated rings. The van der Waals surface area contributed by atoms with E-state index in [1.807, 2.05) is 6.07 Å². The standard InChI is InChI=1S/C23H22N4O5S/c1-14-20(22(33-2)26-21(24-14)17-8-5-11-31-17)23(30)32-13-18(28)25-15-6-3-7-16(12-15)27-10-4-9-19(27)29/h3,5-8,11-12H,4,9-10,13H2,1-2H3,(H,25,28). The van der Waals surface area contributed by atoms with E-state index in [9.17, 15) is 14.4 Å². The average Bonchev–Trinajstić information content (AvgIpc) is 3.49. The maximum absolute atomic E-state index is 12.7. The summed E-state index contributed by atoms with van der Waals surface area (Å²) in [5, 5.41) is 3.13. The second-order valence-corrected chi connectivity index (χ2v) is 8.11. The molecular weight excluding hydrogens is 444 g/mol. The van der Waals surface area contributed by atoms with E-state index >= 15 is 0 Å². The molecule has 33 heavy (non-hydrogen) atoms. The van der Waals surface area contributed by atoms with Crippen LogP contribution in [0.15, 0.2) is 52.1 Å². The summed E-state index contributed by atoms with van der Waals surface area (Å²) >= 11 is 1.27. The average molecular weight is 467 g/mol. The molecule has 1 aromatic carbocycles. The van der Waals surface area contributed by atoms with Crippen molar-refractivity contribution in [1.29, 1.82) is 0 Å². The van der Waals surface area contributed by atoms with Crippen molar-refractivity contribution in [3.63, 3.8) is 0 Å². The number of esters is 1. The molecule has 170 valence electrons. The zero-order valence-corrected chi connectivity index (χ0v) is 19.0. The first-order valence-corrected chi connectivity index (χ1v) is 11.5. The van der Waals surface area contributed by atoms with Crippen LogP contribution in [0.3, 0.4) is 0 Å². The van der Waals surface area contributed by atoms with Crippen molar-refractivity contribution >= 4 is 40.9 Å². The summed E-state index contributed by atoms with van der Waals surface area (Å²) in [6.45, 7) is 1.86. The second-order valence-electron chi connectivity index (χ2n) is 7.32. The highest BCUT2D eigenvalue weighted by atomic mass is 32.2. The van der Waals surface area contributed by atoms with Crippen LogP contribution in [-0.2, 0) is 14.3 Å². The van der Waals surface area contributed by atoms with E-state index in [-0.39, 0.29) is 11.5 Å². The number of hydrogen-bond acceptors (Lipinski definition) is 8. The molecule has 0 spiro atoms. The predicted octanol–water partition coefficient (Wildman–Crippen LogP) is 3.69. The van der Waals surface area contributed by atoms with Crippen LogP contribution in [0.25, 0.3) is 11.6 Å². The van der Waals surface area contributed by atoms with Gasteiger partial charge in [0, 0.05) is 24.3 Å². The first-order valence-electron chi connectivity index (χ1n) is 10.3. The van der Waals surface area contributed by atoms with Gasteiger partial charge in [0.05, 0.1) is 12.0 Å². The van der Waals surface area contributed by atoms with Crippen LogP contribution >= 0.6 is 11.8 Å². The van der Waals surface area contributed by atoms with E-state index in [1.165, 1.54) is 18.0 Å². The Morgan fingerprint density at radius 3 is 2.79 bits per heavy atom. The SMILES string of the molecule is CSc1nc(-c2ccco2)nc(C)c1C(=O)OCC(=O)Nc1cccc(N2CCCC2=O)c1. The molecule has 0 aliphatic carbocycles. The van der Waals surface area contributed by atoms with Gasteiger partial charge in [0.25, 0.3) is 5.91 Å². The Bertz CT molecular complexity index is 1200. The smallest absolute Gasteiger partial charge is 0.343 e. The lowest BCUT2D eigenvalue weighted by molar-refractivity contribution is -0.119. The minimum absolute atomic E-state index is 0.0626. The highest BCUT2D eigenvalue weighted by Crippen LogP contribution is 2.26. The summed E-state index contributed by atoms with van der Waals surface area (Å²) < 4.78 is 10.6. The lowest BCUT2D eigenvalue weighted by Crippen LogP contribution is -2.24. The summed E-state index contributed by atoms with van der Waals surface area (Å²) in [5.74, 6) is -0.259. The normalized spacial score (nSPS) is 13.3. The monoisotopic (exact) mass is 466 g/mol. The third kappa shape index (κ3) is 5.06. The van der Waals surface area contributed by atoms with Gasteiger partial charge in [-0.05, 0) is 49.9 Å². The lowest BCUT2D eigenvalue weighted by atomic mass is 10.2. The van der Waals surface area contributed by atoms with E-state index in [2.05, 4.69) is 15.3 Å². The number of aryl methyl sites for hydroxylation is 1. The number of amides is 2. The number of carbonyl (C=O) groups excluding carboxylic acids is 3. The van der Waals surface area contributed by atoms with Gasteiger partial charge in [-0.3, -0.25) is 9.59 Å². The first kappa shape index (κ1) is 22.5. The Labute approximate surface area is 194 Å². The number of benzene rings is 1. The van der Waals surface area contributed by atoms with Crippen molar-refractivity contribution in [3.8, 4) is 11.6 Å². The van der Waals surface area contributed by atoms with Gasteiger partial charge in [-0.2, -0.15) is 0 Å². The summed E-state index contributed by atoms with van der Waals surface area (Å²) in [5.41, 5.74) is 1.87. The highest BCUT2D eigenvalue weighted by Gasteiger charge is 2.23. The van der Waals surface area contributed by atoms with Gasteiger partial charge < -0.3 is 19.4 Å². The molecule has 3 aromatic rings. The van der Waals surface area contributed by atoms with Gasteiger partial charge in [-0.15, -0.1) is 11.8 Å². The molecule has 4 rings (SSSR count). The fourth-order valence-electron chi connectivity index (χ4n) is 3.52. The number of thioether (sulfide) groups is 1. The highest BCUT2D eigenvalue weighted by molar-refractivity contribution is 7.98. The Hall–Kier alpha value is -3.66. The number of nitrogens with zero attached hydrogens (tertiary/aromatic N) is 3. The van der Waals surface area contributed by atoms with Crippen molar-refractivity contribution < 1.29 is 23.5 Å². The Kier molecular flexibility index (Phi) is 6.74. The number of hydrogen-bond donors (Lipinski definition) is 1. The molecule has 2 amide bonds. The predicted molar refractivity (Wildman–Crippen MR) is 123 cm³/mol. The van der Waals surface area contributed by atoms with Crippen LogP contribution in [0, 0.1) is 6.92 Å². The molecule has 10 heteroatoms. The summed E-state index contributed by atoms with van der Waals surface area (Å²) in [6, 6.07) is 10.5. The van der Waals surface area contributed by atoms with E-state index in [4.69, 9.17) is 9.15 Å². The van der Waals surface area contributed by atoms with Crippen LogP contribution in [0.5, 0.6) is 0 Å². The van der Waals surface area contributed by atoms with Gasteiger partial charge in [0.2, 0.25) is 5.91 Å². The van der Waals surface area contributed by atoms with E-state index in [0.29, 0.717) is 41.0 Å². The molecule has 0 unspecified atom stereocenters. The van der Waals surface area contributed by atoms with Crippen LogP contribution in [0.2, 0.25) is 0 Å². The van der Waals surface area contributed by atoms with Crippen molar-refractivity contribution in [1.82, 2.24) is 9.97 Å². The fourth-order valence-corrected chi connectivity index (χ4v) is 4.13. The van der Waals surface area contributed by atoms with Crippen LogP contribution in [-0.4, -0.2) is 47.2 Å². The van der Waals surface area contributed by atoms with Gasteiger partial charge >= 0.3 is 5.97 Å². The molecule has 9 nitrogen and oxygen atoms in total. The third-order valence-corrected chi connectivity index (χ3v) is 5.73. The maximum Gasteiger partial charge on any atom is 0.343 e. The molecule has 1 saturated heterocycles. The quantitative estimate of drug-likeness (QED) is 0.319. The number of furan rings is 1. The van der Waals surface area contributed by atoms with Crippen molar-refractivity contribution in [2.75, 3.05) is 29.6 Å². The molecule has 2 aromatic heterocycles. The van der Waals surface area contributed by atoms with Crippen molar-refractivity contribution in [3.05, 3.63) is 53.9 Å². The largest absolute Gasteiger partial charge is 0.461 e. The number of rotatable bonds is 7. The van der Waals surface area contributed by atoms with Gasteiger partial charge in [-0.25, -0.2) is 14.8 Å². The van der Waals surface area contributed by atoms with Crippen molar-refractivity contribution in [2.45, 2.75) is 24.8 Å². The molecule has 0 radical (unpaired) electrons. The van der Waals surface area contributed by atoms with E-state index in [1.54, 1.807) is 48.4 Å². The van der Waals surface area contributed by atoms with Crippen LogP contribution in [0.1, 0.15) is 28.9 Å². The first-order chi connectivity index (χ1) is 16.0. The van der Waals surface area contributed by atoms with Gasteiger partial charge in [0.1, 0.15) is 10.6 Å². The van der Waals surface area contributed by atoms with E-state index < -0.39 is 18.5 Å². The number of aromatic nitrogens is 2. The van der Waals surface area contributed by atoms with Crippen LogP contribution in [0.4, 0.5) is 11.4 Å². The molecular formula is C23H22N4O5S. The number of anilines is 2. The summed E-state index contributed by atoms with van der Waals surface area (Å²) in [4.78, 5) is 47.4. The number of carbonyl (C=O) groups is 3. The van der Waals surface area contributed by atoms with Gasteiger partial charge in [-0.1, -0.05) is 6.07 Å². The minimum atomic E-state index is -0.686. The van der Waals surface area contributed by atoms with Crippen LogP contribution < -0.4 is 10.2 Å². The molecule has 0 saturated carbocycles. The molecule has 3 heterocycles. The van der Waals surface area contributed by atoms with Gasteiger partial charge in [0.15, 0.2) is 18.2 Å². The Balaban J connectivity index is 1.41. The zero-order chi connectivity index (χ0) is 23.4. The minimum Gasteiger partial charge on any atom is -0.461 e. The molecule has 1 aliphatic rings. The third-order valence-electron chi connectivity index (χ3n) is 5.05. The zero-order valence-electron chi connectivity index (χ0n) is 18.2. The Morgan fingerprint density at radius 2 is 2.09 bits per heavy atom. The van der Waals surface area contributed by atoms with E-state index in [0.717, 1.165) is 12.1 Å². The Morgan fingerprint density at radius 1 is 1.24 bits per heavy atom. The molecule has 0 bridgehead atoms. The number of ether oxygens (including phenoxy) is 1. The van der Waals surface area contributed by atoms with Crippen molar-refractivity contribution in [2.24, 2.45) is 0 Å². The summed E-state index contributed by atoms with van der Waals surface area (Å²) in [6.07, 6.45) is 4.65. The lowest BCUT2D eigenvalue weighted by Gasteiger charge is -2.17. The molecule has 1 N–H and O–H groups in total. The summed E-state index contributed by atoms with van der Waals surface area (Å²) in [7, 11) is 0. The molecule has 0 atom stereocenters. The molecule has 1 aliphatic heterocycles. The number of nitrogens with one attached hydrogen (secondary N) is 1. The topological polar surface area (TPSA) is 115 Å². The fraction of sp³-hybridized carbons (Fsp3) is 0.261.